The first-order valence-corrected chi connectivity index (χ1v) is 6.21. The van der Waals surface area contributed by atoms with Crippen molar-refractivity contribution >= 4 is 0 Å². The number of aryl methyl sites for hydroxylation is 1. The lowest BCUT2D eigenvalue weighted by Crippen LogP contribution is -2.08. The van der Waals surface area contributed by atoms with Crippen LogP contribution >= 0.6 is 0 Å². The Labute approximate surface area is 96.6 Å². The maximum absolute atomic E-state index is 13.6. The van der Waals surface area contributed by atoms with Crippen molar-refractivity contribution in [2.75, 3.05) is 6.61 Å². The van der Waals surface area contributed by atoms with E-state index in [2.05, 4.69) is 0 Å². The molecule has 1 fully saturated rings. The number of hydrogen-bond donors (Lipinski definition) is 0. The van der Waals surface area contributed by atoms with E-state index in [0.29, 0.717) is 18.3 Å². The minimum atomic E-state index is -0.225. The lowest BCUT2D eigenvalue weighted by Gasteiger charge is -2.12. The molecule has 0 spiro atoms. The van der Waals surface area contributed by atoms with Gasteiger partial charge in [-0.3, -0.25) is 0 Å². The Balaban J connectivity index is 1.93. The second-order valence-electron chi connectivity index (χ2n) is 4.58. The highest BCUT2D eigenvalue weighted by atomic mass is 19.1. The molecule has 1 aromatic rings. The topological polar surface area (TPSA) is 9.23 Å². The van der Waals surface area contributed by atoms with Gasteiger partial charge in [0.2, 0.25) is 0 Å². The van der Waals surface area contributed by atoms with E-state index in [1.54, 1.807) is 12.1 Å². The molecule has 0 radical (unpaired) electrons. The maximum Gasteiger partial charge on any atom is 0.165 e. The third-order valence-corrected chi connectivity index (χ3v) is 3.35. The van der Waals surface area contributed by atoms with Crippen LogP contribution in [0.2, 0.25) is 0 Å². The molecule has 0 bridgehead atoms. The summed E-state index contributed by atoms with van der Waals surface area (Å²) in [7, 11) is 0. The number of ether oxygens (including phenoxy) is 1. The predicted octanol–water partition coefficient (Wildman–Crippen LogP) is 3.96. The second kappa shape index (κ2) is 5.33. The Morgan fingerprint density at radius 3 is 2.69 bits per heavy atom. The van der Waals surface area contributed by atoms with Crippen molar-refractivity contribution in [2.45, 2.75) is 39.0 Å². The van der Waals surface area contributed by atoms with Crippen LogP contribution in [-0.2, 0) is 6.42 Å². The van der Waals surface area contributed by atoms with E-state index in [4.69, 9.17) is 4.74 Å². The van der Waals surface area contributed by atoms with Crippen LogP contribution < -0.4 is 4.74 Å². The summed E-state index contributed by atoms with van der Waals surface area (Å²) in [5.74, 6) is 0.812. The van der Waals surface area contributed by atoms with Gasteiger partial charge in [0.1, 0.15) is 0 Å². The predicted molar refractivity (Wildman–Crippen MR) is 63.2 cm³/mol. The number of halogens is 1. The van der Waals surface area contributed by atoms with E-state index in [1.807, 2.05) is 13.0 Å². The molecule has 1 saturated carbocycles. The first kappa shape index (κ1) is 11.4. The molecule has 1 aromatic carbocycles. The number of benzene rings is 1. The van der Waals surface area contributed by atoms with Gasteiger partial charge in [-0.05, 0) is 42.9 Å². The highest BCUT2D eigenvalue weighted by Gasteiger charge is 2.16. The third kappa shape index (κ3) is 2.75. The molecule has 2 heteroatoms. The second-order valence-corrected chi connectivity index (χ2v) is 4.58. The first-order valence-electron chi connectivity index (χ1n) is 6.21. The molecule has 2 rings (SSSR count). The zero-order valence-corrected chi connectivity index (χ0v) is 9.84. The van der Waals surface area contributed by atoms with Gasteiger partial charge in [-0.25, -0.2) is 4.39 Å². The fourth-order valence-corrected chi connectivity index (χ4v) is 2.27. The van der Waals surface area contributed by atoms with E-state index in [1.165, 1.54) is 25.7 Å². The average molecular weight is 222 g/mol. The van der Waals surface area contributed by atoms with Crippen molar-refractivity contribution in [3.63, 3.8) is 0 Å². The van der Waals surface area contributed by atoms with Crippen LogP contribution in [0, 0.1) is 11.7 Å². The summed E-state index contributed by atoms with van der Waals surface area (Å²) in [6.07, 6.45) is 5.92. The zero-order valence-electron chi connectivity index (χ0n) is 9.84. The lowest BCUT2D eigenvalue weighted by molar-refractivity contribution is 0.242. The summed E-state index contributed by atoms with van der Waals surface area (Å²) in [5, 5.41) is 0. The molecule has 1 nitrogen and oxygen atoms in total. The van der Waals surface area contributed by atoms with Crippen molar-refractivity contribution in [3.8, 4) is 5.75 Å². The lowest BCUT2D eigenvalue weighted by atomic mass is 10.1. The molecular weight excluding hydrogens is 203 g/mol. The normalized spacial score (nSPS) is 16.6. The van der Waals surface area contributed by atoms with Crippen molar-refractivity contribution in [1.82, 2.24) is 0 Å². The minimum absolute atomic E-state index is 0.225. The molecule has 1 aliphatic rings. The van der Waals surface area contributed by atoms with Crippen molar-refractivity contribution in [1.29, 1.82) is 0 Å². The highest BCUT2D eigenvalue weighted by molar-refractivity contribution is 5.29. The van der Waals surface area contributed by atoms with Crippen LogP contribution in [-0.4, -0.2) is 6.61 Å². The molecule has 1 aliphatic carbocycles. The molecular formula is C14H19FO. The Kier molecular flexibility index (Phi) is 3.81. The molecule has 0 aliphatic heterocycles. The Morgan fingerprint density at radius 2 is 2.06 bits per heavy atom. The van der Waals surface area contributed by atoms with Gasteiger partial charge < -0.3 is 4.74 Å². The molecule has 0 saturated heterocycles. The Bertz CT molecular complexity index is 343. The van der Waals surface area contributed by atoms with E-state index >= 15 is 0 Å². The van der Waals surface area contributed by atoms with Gasteiger partial charge in [-0.15, -0.1) is 0 Å². The van der Waals surface area contributed by atoms with Gasteiger partial charge in [0, 0.05) is 0 Å². The SMILES string of the molecule is CCc1ccc(OCC2CCCC2)c(F)c1. The van der Waals surface area contributed by atoms with Gasteiger partial charge in [0.15, 0.2) is 11.6 Å². The first-order chi connectivity index (χ1) is 7.79. The molecule has 0 atom stereocenters. The van der Waals surface area contributed by atoms with Crippen LogP contribution in [0.15, 0.2) is 18.2 Å². The van der Waals surface area contributed by atoms with Gasteiger partial charge in [0.05, 0.1) is 6.61 Å². The number of hydrogen-bond acceptors (Lipinski definition) is 1. The average Bonchev–Trinajstić information content (AvgIpc) is 2.80. The summed E-state index contributed by atoms with van der Waals surface area (Å²) >= 11 is 0. The van der Waals surface area contributed by atoms with Crippen LogP contribution in [0.1, 0.15) is 38.2 Å². The summed E-state index contributed by atoms with van der Waals surface area (Å²) in [5.41, 5.74) is 1.02. The van der Waals surface area contributed by atoms with E-state index in [-0.39, 0.29) is 5.82 Å². The van der Waals surface area contributed by atoms with E-state index in [9.17, 15) is 4.39 Å². The molecule has 0 unspecified atom stereocenters. The molecule has 0 aromatic heterocycles. The third-order valence-electron chi connectivity index (χ3n) is 3.35. The van der Waals surface area contributed by atoms with Crippen molar-refractivity contribution in [3.05, 3.63) is 29.6 Å². The smallest absolute Gasteiger partial charge is 0.165 e. The monoisotopic (exact) mass is 222 g/mol. The van der Waals surface area contributed by atoms with Crippen LogP contribution in [0.5, 0.6) is 5.75 Å². The quantitative estimate of drug-likeness (QED) is 0.749. The minimum Gasteiger partial charge on any atom is -0.490 e. The highest BCUT2D eigenvalue weighted by Crippen LogP contribution is 2.26. The van der Waals surface area contributed by atoms with E-state index < -0.39 is 0 Å². The standard InChI is InChI=1S/C14H19FO/c1-2-11-7-8-14(13(15)9-11)16-10-12-5-3-4-6-12/h7-9,12H,2-6,10H2,1H3. The molecule has 0 amide bonds. The fraction of sp³-hybridized carbons (Fsp3) is 0.571. The fourth-order valence-electron chi connectivity index (χ4n) is 2.27. The van der Waals surface area contributed by atoms with Gasteiger partial charge in [-0.1, -0.05) is 25.8 Å². The van der Waals surface area contributed by atoms with Crippen molar-refractivity contribution in [2.24, 2.45) is 5.92 Å². The van der Waals surface area contributed by atoms with Crippen molar-refractivity contribution < 1.29 is 9.13 Å². The van der Waals surface area contributed by atoms with E-state index in [0.717, 1.165) is 12.0 Å². The van der Waals surface area contributed by atoms with Crippen LogP contribution in [0.3, 0.4) is 0 Å². The molecule has 0 heterocycles. The molecule has 16 heavy (non-hydrogen) atoms. The summed E-state index contributed by atoms with van der Waals surface area (Å²) in [6, 6.07) is 5.26. The maximum atomic E-state index is 13.6. The zero-order chi connectivity index (χ0) is 11.4. The largest absolute Gasteiger partial charge is 0.490 e. The molecule has 0 N–H and O–H groups in total. The van der Waals surface area contributed by atoms with Gasteiger partial charge in [0.25, 0.3) is 0 Å². The summed E-state index contributed by atoms with van der Waals surface area (Å²) in [4.78, 5) is 0. The van der Waals surface area contributed by atoms with Gasteiger partial charge in [-0.2, -0.15) is 0 Å². The Morgan fingerprint density at radius 1 is 1.31 bits per heavy atom. The van der Waals surface area contributed by atoms with Crippen LogP contribution in [0.4, 0.5) is 4.39 Å². The summed E-state index contributed by atoms with van der Waals surface area (Å²) < 4.78 is 19.1. The molecule has 88 valence electrons. The number of rotatable bonds is 4. The van der Waals surface area contributed by atoms with Crippen LogP contribution in [0.25, 0.3) is 0 Å². The van der Waals surface area contributed by atoms with Gasteiger partial charge >= 0.3 is 0 Å². The Hall–Kier alpha value is -1.05. The summed E-state index contributed by atoms with van der Waals surface area (Å²) in [6.45, 7) is 2.69.